The van der Waals surface area contributed by atoms with Crippen LogP contribution in [0.15, 0.2) is 18.3 Å². The van der Waals surface area contributed by atoms with E-state index in [-0.39, 0.29) is 11.8 Å². The van der Waals surface area contributed by atoms with Gasteiger partial charge in [-0.1, -0.05) is 0 Å². The molecule has 0 atom stereocenters. The van der Waals surface area contributed by atoms with Crippen molar-refractivity contribution in [2.24, 2.45) is 0 Å². The number of nitrogens with zero attached hydrogens (tertiary/aromatic N) is 2. The lowest BCUT2D eigenvalue weighted by atomic mass is 9.93. The van der Waals surface area contributed by atoms with Gasteiger partial charge in [-0.2, -0.15) is 4.73 Å². The number of benzene rings is 1. The van der Waals surface area contributed by atoms with Gasteiger partial charge in [0.15, 0.2) is 5.82 Å². The maximum absolute atomic E-state index is 12.3. The molecule has 1 aliphatic carbocycles. The van der Waals surface area contributed by atoms with Crippen molar-refractivity contribution in [3.8, 4) is 11.4 Å². The smallest absolute Gasteiger partial charge is 0.259 e. The first-order valence-corrected chi connectivity index (χ1v) is 7.20. The third-order valence-corrected chi connectivity index (χ3v) is 4.66. The van der Waals surface area contributed by atoms with Crippen LogP contribution in [-0.4, -0.2) is 26.7 Å². The van der Waals surface area contributed by atoms with Crippen molar-refractivity contribution in [1.29, 1.82) is 0 Å². The lowest BCUT2D eigenvalue weighted by Gasteiger charge is -2.07. The van der Waals surface area contributed by atoms with E-state index in [1.54, 1.807) is 6.07 Å². The number of carbonyl (C=O) groups is 2. The minimum Gasteiger partial charge on any atom is -0.427 e. The molecule has 6 heteroatoms. The Hall–Kier alpha value is -2.89. The molecular formula is C16H11N3O3. The third kappa shape index (κ3) is 1.19. The molecule has 0 fully saturated rings. The number of aryl methyl sites for hydroxylation is 1. The Bertz CT molecular complexity index is 986. The highest BCUT2D eigenvalue weighted by molar-refractivity contribution is 6.29. The number of imide groups is 1. The van der Waals surface area contributed by atoms with Gasteiger partial charge in [0.05, 0.1) is 16.6 Å². The molecule has 22 heavy (non-hydrogen) atoms. The summed E-state index contributed by atoms with van der Waals surface area (Å²) >= 11 is 0. The van der Waals surface area contributed by atoms with Crippen molar-refractivity contribution in [2.45, 2.75) is 19.3 Å². The monoisotopic (exact) mass is 293 g/mol. The van der Waals surface area contributed by atoms with Crippen LogP contribution in [-0.2, 0) is 12.8 Å². The van der Waals surface area contributed by atoms with Gasteiger partial charge in [-0.25, -0.2) is 4.98 Å². The molecule has 0 spiro atoms. The molecular weight excluding hydrogens is 282 g/mol. The molecule has 2 amide bonds. The van der Waals surface area contributed by atoms with Gasteiger partial charge >= 0.3 is 0 Å². The number of carbonyl (C=O) groups excluding carboxylic acids is 2. The number of aromatic nitrogens is 2. The molecule has 1 aromatic carbocycles. The van der Waals surface area contributed by atoms with Gasteiger partial charge in [0.2, 0.25) is 0 Å². The first-order valence-electron chi connectivity index (χ1n) is 7.20. The summed E-state index contributed by atoms with van der Waals surface area (Å²) in [7, 11) is 0. The maximum atomic E-state index is 12.3. The summed E-state index contributed by atoms with van der Waals surface area (Å²) < 4.78 is 0.956. The summed E-state index contributed by atoms with van der Waals surface area (Å²) in [5, 5.41) is 13.1. The second-order valence-electron chi connectivity index (χ2n) is 5.77. The van der Waals surface area contributed by atoms with Crippen molar-refractivity contribution in [3.05, 3.63) is 40.6 Å². The van der Waals surface area contributed by atoms with Crippen molar-refractivity contribution >= 4 is 22.7 Å². The highest BCUT2D eigenvalue weighted by atomic mass is 16.5. The Balaban J connectivity index is 2.08. The van der Waals surface area contributed by atoms with E-state index in [0.717, 1.165) is 40.6 Å². The van der Waals surface area contributed by atoms with Crippen LogP contribution >= 0.6 is 0 Å². The quantitative estimate of drug-likeness (QED) is 0.488. The fourth-order valence-corrected chi connectivity index (χ4v) is 3.82. The van der Waals surface area contributed by atoms with Crippen LogP contribution in [0.2, 0.25) is 0 Å². The van der Waals surface area contributed by atoms with Crippen LogP contribution in [0.1, 0.15) is 38.3 Å². The van der Waals surface area contributed by atoms with E-state index in [1.807, 2.05) is 6.07 Å². The molecule has 0 unspecified atom stereocenters. The van der Waals surface area contributed by atoms with Crippen LogP contribution in [0.3, 0.4) is 0 Å². The fourth-order valence-electron chi connectivity index (χ4n) is 3.82. The zero-order chi connectivity index (χ0) is 15.0. The van der Waals surface area contributed by atoms with Crippen LogP contribution in [0.4, 0.5) is 0 Å². The first kappa shape index (κ1) is 11.7. The Kier molecular flexibility index (Phi) is 1.95. The number of amides is 2. The lowest BCUT2D eigenvalue weighted by Crippen LogP contribution is -2.20. The van der Waals surface area contributed by atoms with Crippen molar-refractivity contribution in [1.82, 2.24) is 15.0 Å². The summed E-state index contributed by atoms with van der Waals surface area (Å²) in [6.07, 6.45) is 4.08. The van der Waals surface area contributed by atoms with Gasteiger partial charge in [-0.05, 0) is 42.5 Å². The maximum Gasteiger partial charge on any atom is 0.259 e. The highest BCUT2D eigenvalue weighted by Crippen LogP contribution is 2.42. The molecule has 0 bridgehead atoms. The first-order chi connectivity index (χ1) is 10.7. The van der Waals surface area contributed by atoms with E-state index in [4.69, 9.17) is 0 Å². The van der Waals surface area contributed by atoms with Crippen LogP contribution in [0, 0.1) is 0 Å². The minimum atomic E-state index is -0.373. The fraction of sp³-hybridized carbons (Fsp3) is 0.188. The van der Waals surface area contributed by atoms with Gasteiger partial charge in [-0.15, -0.1) is 0 Å². The SMILES string of the molecule is O=C1NC(=O)c2c1c1c(c3nc4n(O)cccc-4c23)CCC1. The lowest BCUT2D eigenvalue weighted by molar-refractivity contribution is 0.0880. The molecule has 3 heterocycles. The topological polar surface area (TPSA) is 84.2 Å². The molecule has 2 N–H and O–H groups in total. The average Bonchev–Trinajstić information content (AvgIpc) is 3.15. The molecule has 0 saturated carbocycles. The zero-order valence-electron chi connectivity index (χ0n) is 11.5. The molecule has 4 aliphatic rings. The van der Waals surface area contributed by atoms with Gasteiger partial charge in [0, 0.05) is 17.1 Å². The Morgan fingerprint density at radius 1 is 1.14 bits per heavy atom. The molecule has 5 rings (SSSR count). The van der Waals surface area contributed by atoms with E-state index in [0.29, 0.717) is 27.9 Å². The molecule has 6 nitrogen and oxygen atoms in total. The summed E-state index contributed by atoms with van der Waals surface area (Å²) in [6, 6.07) is 3.51. The number of hydrogen-bond acceptors (Lipinski definition) is 4. The second kappa shape index (κ2) is 3.65. The van der Waals surface area contributed by atoms with Crippen LogP contribution in [0.5, 0.6) is 0 Å². The number of nitrogens with one attached hydrogen (secondary N) is 1. The summed E-state index contributed by atoms with van der Waals surface area (Å²) in [5.74, 6) is -0.281. The Labute approximate surface area is 124 Å². The summed E-state index contributed by atoms with van der Waals surface area (Å²) in [6.45, 7) is 0. The van der Waals surface area contributed by atoms with Gasteiger partial charge < -0.3 is 5.21 Å². The van der Waals surface area contributed by atoms with Gasteiger partial charge in [0.25, 0.3) is 11.8 Å². The standard InChI is InChI=1S/C16H11N3O3/c20-15-11-7-3-1-4-8(7)13-10(12(11)16(21)18-15)9-5-2-6-19(22)14(9)17-13/h2,5-6,22H,1,3-4H2,(H,18,20,21). The highest BCUT2D eigenvalue weighted by Gasteiger charge is 2.38. The van der Waals surface area contributed by atoms with E-state index in [2.05, 4.69) is 10.3 Å². The molecule has 0 radical (unpaired) electrons. The molecule has 108 valence electrons. The predicted molar refractivity (Wildman–Crippen MR) is 77.4 cm³/mol. The Morgan fingerprint density at radius 2 is 1.91 bits per heavy atom. The Morgan fingerprint density at radius 3 is 2.77 bits per heavy atom. The normalized spacial score (nSPS) is 16.4. The van der Waals surface area contributed by atoms with Gasteiger partial charge in [0.1, 0.15) is 0 Å². The summed E-state index contributed by atoms with van der Waals surface area (Å²) in [4.78, 5) is 29.0. The third-order valence-electron chi connectivity index (χ3n) is 4.66. The predicted octanol–water partition coefficient (Wildman–Crippen LogP) is 1.75. The van der Waals surface area contributed by atoms with Gasteiger partial charge in [-0.3, -0.25) is 14.9 Å². The number of fused-ring (bicyclic) bond motifs is 8. The largest absolute Gasteiger partial charge is 0.427 e. The average molecular weight is 293 g/mol. The molecule has 0 aromatic heterocycles. The van der Waals surface area contributed by atoms with Crippen molar-refractivity contribution in [2.75, 3.05) is 0 Å². The number of rotatable bonds is 0. The van der Waals surface area contributed by atoms with E-state index < -0.39 is 0 Å². The molecule has 0 saturated heterocycles. The number of pyridine rings is 1. The van der Waals surface area contributed by atoms with Crippen LogP contribution in [0.25, 0.3) is 22.3 Å². The van der Waals surface area contributed by atoms with Crippen LogP contribution < -0.4 is 5.32 Å². The second-order valence-corrected chi connectivity index (χ2v) is 5.77. The summed E-state index contributed by atoms with van der Waals surface area (Å²) in [5.41, 5.74) is 4.32. The number of hydrogen-bond donors (Lipinski definition) is 2. The molecule has 3 aliphatic heterocycles. The molecule has 1 aromatic rings. The van der Waals surface area contributed by atoms with E-state index in [9.17, 15) is 14.8 Å². The van der Waals surface area contributed by atoms with E-state index in [1.165, 1.54) is 6.20 Å². The minimum absolute atomic E-state index is 0.317. The van der Waals surface area contributed by atoms with Crippen molar-refractivity contribution < 1.29 is 14.8 Å². The van der Waals surface area contributed by atoms with Crippen molar-refractivity contribution in [3.63, 3.8) is 0 Å². The zero-order valence-corrected chi connectivity index (χ0v) is 11.5. The van der Waals surface area contributed by atoms with E-state index >= 15 is 0 Å².